The van der Waals surface area contributed by atoms with Gasteiger partial charge in [-0.1, -0.05) is 0 Å². The van der Waals surface area contributed by atoms with Crippen LogP contribution in [0.5, 0.6) is 0 Å². The van der Waals surface area contributed by atoms with Crippen LogP contribution < -0.4 is 0 Å². The lowest BCUT2D eigenvalue weighted by Gasteiger charge is -2.30. The molecule has 4 nitrogen and oxygen atoms in total. The zero-order chi connectivity index (χ0) is 10.0. The normalized spacial score (nSPS) is 32.4. The molecule has 5 heteroatoms. The number of aliphatic hydroxyl groups is 1. The number of β-amino-alcohol motifs (C(OH)–C–C–N with tert-alkyl or cyclic N) is 1. The molecule has 1 N–H and O–H groups in total. The van der Waals surface area contributed by atoms with Gasteiger partial charge in [0.15, 0.2) is 0 Å². The lowest BCUT2D eigenvalue weighted by Crippen LogP contribution is -2.40. The summed E-state index contributed by atoms with van der Waals surface area (Å²) in [6, 6.07) is 0. The molecule has 0 aliphatic carbocycles. The lowest BCUT2D eigenvalue weighted by atomic mass is 10.00. The molecule has 0 saturated carbocycles. The van der Waals surface area contributed by atoms with Crippen molar-refractivity contribution in [2.75, 3.05) is 31.2 Å². The summed E-state index contributed by atoms with van der Waals surface area (Å²) in [5, 5.41) is 8.78. The molecule has 2 aliphatic heterocycles. The minimum atomic E-state index is -0.262. The second-order valence-corrected chi connectivity index (χ2v) is 4.96. The van der Waals surface area contributed by atoms with E-state index in [2.05, 4.69) is 0 Å². The molecule has 1 amide bonds. The number of ether oxygens (including phenoxy) is 1. The molecule has 2 heterocycles. The predicted octanol–water partition coefficient (Wildman–Crippen LogP) is 0.697. The van der Waals surface area contributed by atoms with Crippen LogP contribution >= 0.6 is 11.8 Å². The van der Waals surface area contributed by atoms with Gasteiger partial charge in [0.25, 0.3) is 0 Å². The summed E-state index contributed by atoms with van der Waals surface area (Å²) < 4.78 is 5.41. The second-order valence-electron chi connectivity index (χ2n) is 3.85. The minimum Gasteiger partial charge on any atom is -0.440 e. The van der Waals surface area contributed by atoms with Gasteiger partial charge in [0.05, 0.1) is 13.2 Å². The van der Waals surface area contributed by atoms with Crippen molar-refractivity contribution < 1.29 is 14.6 Å². The SMILES string of the molecule is O=C1OC2(CCCSC2)CN1CCO. The molecule has 2 rings (SSSR count). The standard InChI is InChI=1S/C9H15NO3S/c11-4-3-10-6-9(13-8(10)12)2-1-5-14-7-9/h11H,1-7H2. The molecule has 1 spiro atoms. The highest BCUT2D eigenvalue weighted by molar-refractivity contribution is 7.99. The fourth-order valence-corrected chi connectivity index (χ4v) is 3.18. The van der Waals surface area contributed by atoms with Gasteiger partial charge in [-0.25, -0.2) is 4.79 Å². The summed E-state index contributed by atoms with van der Waals surface area (Å²) in [6.07, 6.45) is 1.82. The largest absolute Gasteiger partial charge is 0.440 e. The van der Waals surface area contributed by atoms with E-state index in [4.69, 9.17) is 9.84 Å². The molecule has 1 atom stereocenters. The summed E-state index contributed by atoms with van der Waals surface area (Å²) in [7, 11) is 0. The van der Waals surface area contributed by atoms with Crippen molar-refractivity contribution in [3.05, 3.63) is 0 Å². The Kier molecular flexibility index (Phi) is 2.88. The van der Waals surface area contributed by atoms with E-state index in [1.54, 1.807) is 4.90 Å². The van der Waals surface area contributed by atoms with Crippen LogP contribution in [0.2, 0.25) is 0 Å². The van der Waals surface area contributed by atoms with Crippen LogP contribution in [0.3, 0.4) is 0 Å². The molecule has 0 aromatic heterocycles. The molecule has 2 aliphatic rings. The Bertz CT molecular complexity index is 228. The van der Waals surface area contributed by atoms with Gasteiger partial charge in [-0.15, -0.1) is 0 Å². The molecule has 14 heavy (non-hydrogen) atoms. The zero-order valence-electron chi connectivity index (χ0n) is 8.07. The van der Waals surface area contributed by atoms with Gasteiger partial charge in [0.1, 0.15) is 5.60 Å². The fourth-order valence-electron chi connectivity index (χ4n) is 2.02. The maximum Gasteiger partial charge on any atom is 0.410 e. The summed E-state index contributed by atoms with van der Waals surface area (Å²) in [4.78, 5) is 13.0. The van der Waals surface area contributed by atoms with Crippen LogP contribution in [0.25, 0.3) is 0 Å². The molecule has 80 valence electrons. The van der Waals surface area contributed by atoms with Gasteiger partial charge in [0, 0.05) is 12.3 Å². The number of aliphatic hydroxyl groups excluding tert-OH is 1. The van der Waals surface area contributed by atoms with Crippen molar-refractivity contribution >= 4 is 17.9 Å². The van der Waals surface area contributed by atoms with Crippen molar-refractivity contribution in [1.29, 1.82) is 0 Å². The third kappa shape index (κ3) is 1.83. The van der Waals surface area contributed by atoms with Crippen LogP contribution in [-0.2, 0) is 4.74 Å². The Morgan fingerprint density at radius 2 is 2.50 bits per heavy atom. The Labute approximate surface area is 87.6 Å². The van der Waals surface area contributed by atoms with E-state index < -0.39 is 0 Å². The van der Waals surface area contributed by atoms with Crippen molar-refractivity contribution in [1.82, 2.24) is 4.90 Å². The molecular formula is C9H15NO3S. The van der Waals surface area contributed by atoms with Crippen molar-refractivity contribution in [2.45, 2.75) is 18.4 Å². The van der Waals surface area contributed by atoms with Gasteiger partial charge in [-0.05, 0) is 18.6 Å². The summed E-state index contributed by atoms with van der Waals surface area (Å²) in [5.41, 5.74) is -0.255. The Balaban J connectivity index is 1.99. The average Bonchev–Trinajstić information content (AvgIpc) is 2.45. The third-order valence-corrected chi connectivity index (χ3v) is 4.00. The number of nitrogens with zero attached hydrogens (tertiary/aromatic N) is 1. The molecule has 0 bridgehead atoms. The number of thioether (sulfide) groups is 1. The van der Waals surface area contributed by atoms with E-state index in [1.807, 2.05) is 11.8 Å². The van der Waals surface area contributed by atoms with E-state index in [0.717, 1.165) is 18.6 Å². The lowest BCUT2D eigenvalue weighted by molar-refractivity contribution is 0.0660. The van der Waals surface area contributed by atoms with E-state index >= 15 is 0 Å². The topological polar surface area (TPSA) is 49.8 Å². The summed E-state index contributed by atoms with van der Waals surface area (Å²) in [5.74, 6) is 2.07. The highest BCUT2D eigenvalue weighted by Crippen LogP contribution is 2.35. The maximum atomic E-state index is 11.4. The summed E-state index contributed by atoms with van der Waals surface area (Å²) in [6.45, 7) is 1.06. The number of rotatable bonds is 2. The van der Waals surface area contributed by atoms with Gasteiger partial charge in [-0.3, -0.25) is 0 Å². The quantitative estimate of drug-likeness (QED) is 0.739. The van der Waals surface area contributed by atoms with Gasteiger partial charge < -0.3 is 14.7 Å². The first kappa shape index (κ1) is 10.1. The average molecular weight is 217 g/mol. The smallest absolute Gasteiger partial charge is 0.410 e. The predicted molar refractivity (Wildman–Crippen MR) is 54.4 cm³/mol. The van der Waals surface area contributed by atoms with Crippen LogP contribution in [0.15, 0.2) is 0 Å². The molecule has 1 unspecified atom stereocenters. The first-order valence-corrected chi connectivity index (χ1v) is 6.08. The van der Waals surface area contributed by atoms with E-state index in [1.165, 1.54) is 5.75 Å². The highest BCUT2D eigenvalue weighted by Gasteiger charge is 2.45. The fraction of sp³-hybridized carbons (Fsp3) is 0.889. The first-order chi connectivity index (χ1) is 6.76. The summed E-state index contributed by atoms with van der Waals surface area (Å²) >= 11 is 1.85. The van der Waals surface area contributed by atoms with Gasteiger partial charge in [-0.2, -0.15) is 11.8 Å². The number of hydrogen-bond acceptors (Lipinski definition) is 4. The van der Waals surface area contributed by atoms with Crippen LogP contribution in [0.1, 0.15) is 12.8 Å². The Morgan fingerprint density at radius 1 is 1.64 bits per heavy atom. The van der Waals surface area contributed by atoms with Gasteiger partial charge in [0.2, 0.25) is 0 Å². The molecule has 0 radical (unpaired) electrons. The van der Waals surface area contributed by atoms with Crippen molar-refractivity contribution in [3.63, 3.8) is 0 Å². The molecule has 2 saturated heterocycles. The Morgan fingerprint density at radius 3 is 3.14 bits per heavy atom. The zero-order valence-corrected chi connectivity index (χ0v) is 8.89. The number of carbonyl (C=O) groups excluding carboxylic acids is 1. The number of amides is 1. The van der Waals surface area contributed by atoms with Crippen LogP contribution in [0.4, 0.5) is 4.79 Å². The van der Waals surface area contributed by atoms with Crippen LogP contribution in [0, 0.1) is 0 Å². The van der Waals surface area contributed by atoms with Crippen molar-refractivity contribution in [3.8, 4) is 0 Å². The van der Waals surface area contributed by atoms with Crippen LogP contribution in [-0.4, -0.2) is 52.9 Å². The monoisotopic (exact) mass is 217 g/mol. The minimum absolute atomic E-state index is 0.0122. The maximum absolute atomic E-state index is 11.4. The van der Waals surface area contributed by atoms with Crippen molar-refractivity contribution in [2.24, 2.45) is 0 Å². The number of hydrogen-bond donors (Lipinski definition) is 1. The first-order valence-electron chi connectivity index (χ1n) is 4.92. The molecule has 0 aromatic carbocycles. The van der Waals surface area contributed by atoms with Gasteiger partial charge >= 0.3 is 6.09 Å². The van der Waals surface area contributed by atoms with E-state index in [-0.39, 0.29) is 18.3 Å². The number of carbonyl (C=O) groups is 1. The Hall–Kier alpha value is -0.420. The molecule has 2 fully saturated rings. The highest BCUT2D eigenvalue weighted by atomic mass is 32.2. The molecular weight excluding hydrogens is 202 g/mol. The second kappa shape index (κ2) is 3.98. The molecule has 0 aromatic rings. The third-order valence-electron chi connectivity index (χ3n) is 2.70. The van der Waals surface area contributed by atoms with E-state index in [0.29, 0.717) is 13.1 Å². The van der Waals surface area contributed by atoms with E-state index in [9.17, 15) is 4.79 Å².